The summed E-state index contributed by atoms with van der Waals surface area (Å²) in [5.41, 5.74) is 21.0. The summed E-state index contributed by atoms with van der Waals surface area (Å²) in [7, 11) is 0. The van der Waals surface area contributed by atoms with E-state index in [-0.39, 0.29) is 0 Å². The van der Waals surface area contributed by atoms with Gasteiger partial charge < -0.3 is 4.90 Å². The minimum absolute atomic E-state index is 0.403. The van der Waals surface area contributed by atoms with Gasteiger partial charge in [-0.1, -0.05) is 230 Å². The van der Waals surface area contributed by atoms with Gasteiger partial charge in [-0.05, 0) is 122 Å². The van der Waals surface area contributed by atoms with Crippen molar-refractivity contribution in [3.05, 3.63) is 311 Å². The Morgan fingerprint density at radius 2 is 0.843 bits per heavy atom. The molecule has 0 fully saturated rings. The van der Waals surface area contributed by atoms with Gasteiger partial charge in [0, 0.05) is 37.2 Å². The summed E-state index contributed by atoms with van der Waals surface area (Å²) in [4.78, 5) is 2.56. The highest BCUT2D eigenvalue weighted by molar-refractivity contribution is 7.26. The fourth-order valence-corrected chi connectivity index (χ4v) is 14.0. The maximum atomic E-state index is 2.56. The van der Waals surface area contributed by atoms with Crippen molar-refractivity contribution in [1.82, 2.24) is 0 Å². The third kappa shape index (κ3) is 5.90. The van der Waals surface area contributed by atoms with E-state index >= 15 is 0 Å². The Bertz CT molecular complexity index is 3810. The van der Waals surface area contributed by atoms with Crippen molar-refractivity contribution in [2.24, 2.45) is 0 Å². The predicted molar refractivity (Wildman–Crippen MR) is 294 cm³/mol. The van der Waals surface area contributed by atoms with E-state index in [1.807, 2.05) is 11.3 Å². The number of hydrogen-bond acceptors (Lipinski definition) is 2. The fraction of sp³-hybridized carbons (Fsp3) is 0.0588. The number of fused-ring (bicyclic) bond motifs is 9. The highest BCUT2D eigenvalue weighted by atomic mass is 32.1. The molecule has 1 nitrogen and oxygen atoms in total. The Labute approximate surface area is 413 Å². The molecule has 2 heteroatoms. The highest BCUT2D eigenvalue weighted by Crippen LogP contribution is 2.59. The van der Waals surface area contributed by atoms with Crippen LogP contribution in [0.5, 0.6) is 0 Å². The molecule has 0 saturated carbocycles. The monoisotopic (exact) mass is 909 g/mol. The van der Waals surface area contributed by atoms with E-state index in [2.05, 4.69) is 266 Å². The minimum atomic E-state index is -0.470. The molecular formula is C68H47NS. The van der Waals surface area contributed by atoms with Crippen molar-refractivity contribution in [3.8, 4) is 33.4 Å². The van der Waals surface area contributed by atoms with Gasteiger partial charge in [0.1, 0.15) is 0 Å². The first-order chi connectivity index (χ1) is 34.7. The van der Waals surface area contributed by atoms with Crippen molar-refractivity contribution in [1.29, 1.82) is 0 Å². The topological polar surface area (TPSA) is 3.24 Å². The molecule has 0 atom stereocenters. The number of benzene rings is 10. The first-order valence-electron chi connectivity index (χ1n) is 24.5. The maximum absolute atomic E-state index is 2.56. The van der Waals surface area contributed by atoms with E-state index in [1.54, 1.807) is 0 Å². The van der Waals surface area contributed by atoms with Gasteiger partial charge in [-0.25, -0.2) is 0 Å². The normalized spacial score (nSPS) is 14.9. The molecule has 0 amide bonds. The van der Waals surface area contributed by atoms with Gasteiger partial charge in [0.15, 0.2) is 0 Å². The first-order valence-corrected chi connectivity index (χ1v) is 25.4. The largest absolute Gasteiger partial charge is 0.314 e. The highest BCUT2D eigenvalue weighted by Gasteiger charge is 2.48. The van der Waals surface area contributed by atoms with Crippen LogP contribution in [0.1, 0.15) is 51.8 Å². The average molecular weight is 910 g/mol. The molecule has 0 spiro atoms. The van der Waals surface area contributed by atoms with E-state index in [4.69, 9.17) is 0 Å². The summed E-state index contributed by atoms with van der Waals surface area (Å²) < 4.78 is 2.64. The van der Waals surface area contributed by atoms with Crippen LogP contribution in [-0.2, 0) is 10.8 Å². The molecule has 0 unspecified atom stereocenters. The molecule has 0 saturated heterocycles. The van der Waals surface area contributed by atoms with E-state index in [9.17, 15) is 0 Å². The molecule has 11 aromatic rings. The average Bonchev–Trinajstić information content (AvgIpc) is 4.07. The predicted octanol–water partition coefficient (Wildman–Crippen LogP) is 17.8. The lowest BCUT2D eigenvalue weighted by atomic mass is 9.65. The second kappa shape index (κ2) is 16.2. The minimum Gasteiger partial charge on any atom is -0.314 e. The molecule has 70 heavy (non-hydrogen) atoms. The Kier molecular flexibility index (Phi) is 9.41. The summed E-state index contributed by atoms with van der Waals surface area (Å²) in [6, 6.07) is 92.9. The van der Waals surface area contributed by atoms with Gasteiger partial charge in [-0.2, -0.15) is 0 Å². The van der Waals surface area contributed by atoms with E-state index in [0.29, 0.717) is 0 Å². The standard InChI is InChI=1S/C68H47NS/c1-4-21-47(22-5-1)67(48-23-6-2-7-24-48)63-36-16-12-30-57(63)60-45-53(42-43-64(60)67)69(52-27-18-20-46(44-52)54-32-19-33-59-58-31-13-17-37-65(58)70-66(54)59)51-40-38-50(39-41-51)68(49-25-8-3-9-26-49)61-34-14-10-28-55(61)56-29-11-15-35-62(56)68/h1-38,40,42-45H,39,41H2. The number of rotatable bonds is 8. The molecule has 1 heterocycles. The second-order valence-electron chi connectivity index (χ2n) is 19.0. The van der Waals surface area contributed by atoms with E-state index in [0.717, 1.165) is 24.2 Å². The van der Waals surface area contributed by atoms with Crippen molar-refractivity contribution >= 4 is 42.9 Å². The molecule has 14 rings (SSSR count). The van der Waals surface area contributed by atoms with Crippen LogP contribution in [0.3, 0.4) is 0 Å². The number of anilines is 2. The molecule has 0 radical (unpaired) electrons. The Morgan fingerprint density at radius 1 is 0.343 bits per heavy atom. The summed E-state index contributed by atoms with van der Waals surface area (Å²) in [6.45, 7) is 0. The van der Waals surface area contributed by atoms with E-state index < -0.39 is 10.8 Å². The number of allylic oxidation sites excluding steroid dienone is 4. The number of thiophene rings is 1. The number of nitrogens with zero attached hydrogens (tertiary/aromatic N) is 1. The Morgan fingerprint density at radius 3 is 1.49 bits per heavy atom. The molecule has 10 aromatic carbocycles. The van der Waals surface area contributed by atoms with Gasteiger partial charge in [-0.3, -0.25) is 0 Å². The molecule has 3 aliphatic rings. The van der Waals surface area contributed by atoms with Gasteiger partial charge >= 0.3 is 0 Å². The molecule has 0 aliphatic heterocycles. The summed E-state index contributed by atoms with van der Waals surface area (Å²) in [6.07, 6.45) is 6.68. The quantitative estimate of drug-likeness (QED) is 0.147. The second-order valence-corrected chi connectivity index (χ2v) is 20.0. The summed E-state index contributed by atoms with van der Waals surface area (Å²) in [5, 5.41) is 2.63. The Balaban J connectivity index is 0.984. The lowest BCUT2D eigenvalue weighted by molar-refractivity contribution is 0.681. The van der Waals surface area contributed by atoms with Crippen LogP contribution in [0.2, 0.25) is 0 Å². The van der Waals surface area contributed by atoms with Crippen LogP contribution in [-0.4, -0.2) is 0 Å². The van der Waals surface area contributed by atoms with Crippen LogP contribution < -0.4 is 4.90 Å². The smallest absolute Gasteiger partial charge is 0.0713 e. The molecule has 330 valence electrons. The van der Waals surface area contributed by atoms with Crippen LogP contribution in [0, 0.1) is 0 Å². The summed E-state index contributed by atoms with van der Waals surface area (Å²) >= 11 is 1.89. The lowest BCUT2D eigenvalue weighted by Crippen LogP contribution is -2.31. The number of hydrogen-bond donors (Lipinski definition) is 0. The van der Waals surface area contributed by atoms with Crippen LogP contribution >= 0.6 is 11.3 Å². The van der Waals surface area contributed by atoms with Gasteiger partial charge in [0.2, 0.25) is 0 Å². The lowest BCUT2D eigenvalue weighted by Gasteiger charge is -2.38. The maximum Gasteiger partial charge on any atom is 0.0713 e. The molecule has 0 N–H and O–H groups in total. The van der Waals surface area contributed by atoms with Gasteiger partial charge in [0.05, 0.1) is 10.8 Å². The van der Waals surface area contributed by atoms with Crippen molar-refractivity contribution in [2.75, 3.05) is 4.90 Å². The Hall–Kier alpha value is -8.30. The molecular weight excluding hydrogens is 863 g/mol. The van der Waals surface area contributed by atoms with Crippen LogP contribution in [0.4, 0.5) is 11.4 Å². The van der Waals surface area contributed by atoms with Gasteiger partial charge in [0.25, 0.3) is 0 Å². The zero-order valence-corrected chi connectivity index (χ0v) is 39.4. The molecule has 0 bridgehead atoms. The fourth-order valence-electron chi connectivity index (χ4n) is 12.7. The zero-order chi connectivity index (χ0) is 46.2. The van der Waals surface area contributed by atoms with Crippen molar-refractivity contribution in [2.45, 2.75) is 23.7 Å². The zero-order valence-electron chi connectivity index (χ0n) is 38.6. The van der Waals surface area contributed by atoms with Gasteiger partial charge in [-0.15, -0.1) is 11.3 Å². The summed E-state index contributed by atoms with van der Waals surface area (Å²) in [5.74, 6) is 0. The van der Waals surface area contributed by atoms with Crippen molar-refractivity contribution < 1.29 is 0 Å². The third-order valence-corrected chi connectivity index (χ3v) is 16.8. The molecule has 3 aliphatic carbocycles. The van der Waals surface area contributed by atoms with Crippen molar-refractivity contribution in [3.63, 3.8) is 0 Å². The molecule has 1 aromatic heterocycles. The first kappa shape index (κ1) is 40.7. The van der Waals surface area contributed by atoms with Crippen LogP contribution in [0.15, 0.2) is 272 Å². The third-order valence-electron chi connectivity index (χ3n) is 15.6. The SMILES string of the molecule is C1=C(N(c2cccc(-c3cccc4c3sc3ccccc34)c2)c2ccc3c(c2)-c2ccccc2C3(c2ccccc2)c2ccccc2)CCC(C2(c3ccccc3)c3ccccc3-c3ccccc32)=C1. The van der Waals surface area contributed by atoms with E-state index in [1.165, 1.54) is 104 Å². The van der Waals surface area contributed by atoms with Crippen LogP contribution in [0.25, 0.3) is 53.6 Å².